The third kappa shape index (κ3) is 4.20. The van der Waals surface area contributed by atoms with Crippen molar-refractivity contribution in [3.8, 4) is 0 Å². The first kappa shape index (κ1) is 17.2. The second-order valence-corrected chi connectivity index (χ2v) is 6.64. The van der Waals surface area contributed by atoms with Gasteiger partial charge >= 0.3 is 0 Å². The lowest BCUT2D eigenvalue weighted by Gasteiger charge is -2.27. The minimum absolute atomic E-state index is 0.0528. The molecule has 1 aliphatic heterocycles. The zero-order valence-corrected chi connectivity index (χ0v) is 14.0. The van der Waals surface area contributed by atoms with Crippen molar-refractivity contribution in [2.45, 2.75) is 39.4 Å². The minimum atomic E-state index is -0.735. The Morgan fingerprint density at radius 2 is 2.05 bits per heavy atom. The number of hydrogen-bond acceptors (Lipinski definition) is 2. The molecule has 0 aliphatic carbocycles. The molecule has 1 aromatic carbocycles. The van der Waals surface area contributed by atoms with Gasteiger partial charge in [0.15, 0.2) is 0 Å². The molecule has 1 fully saturated rings. The summed E-state index contributed by atoms with van der Waals surface area (Å²) in [6.45, 7) is 6.47. The van der Waals surface area contributed by atoms with E-state index in [1.54, 1.807) is 18.2 Å². The minimum Gasteiger partial charge on any atom is -0.348 e. The highest BCUT2D eigenvalue weighted by Crippen LogP contribution is 2.21. The number of benzene rings is 1. The average Bonchev–Trinajstić information content (AvgIpc) is 2.99. The maximum absolute atomic E-state index is 13.2. The number of carbonyl (C=O) groups excluding carboxylic acids is 1. The molecule has 1 aliphatic rings. The predicted octanol–water partition coefficient (Wildman–Crippen LogP) is 3.66. The Bertz CT molecular complexity index is 515. The Kier molecular flexibility index (Phi) is 6.21. The van der Waals surface area contributed by atoms with Crippen LogP contribution in [0.2, 0.25) is 5.02 Å². The van der Waals surface area contributed by atoms with Gasteiger partial charge < -0.3 is 10.2 Å². The quantitative estimate of drug-likeness (QED) is 0.865. The van der Waals surface area contributed by atoms with Crippen LogP contribution < -0.4 is 5.32 Å². The molecule has 1 N–H and O–H groups in total. The largest absolute Gasteiger partial charge is 0.348 e. The number of likely N-dealkylation sites (tertiary alicyclic amines) is 1. The Balaban J connectivity index is 2.09. The number of hydrogen-bond donors (Lipinski definition) is 1. The van der Waals surface area contributed by atoms with Crippen LogP contribution >= 0.6 is 11.6 Å². The molecule has 122 valence electrons. The standard InChI is InChI=1S/C17H24ClFN2O/c1-12(2)16(11-21-8-3-4-9-21)20-17(22)13-6-5-7-15(18)14(13)10-19/h5-7,12,16H,3-4,8-11H2,1-2H3,(H,20,22). The molecule has 0 aromatic heterocycles. The first-order valence-electron chi connectivity index (χ1n) is 7.89. The summed E-state index contributed by atoms with van der Waals surface area (Å²) in [6, 6.07) is 4.97. The smallest absolute Gasteiger partial charge is 0.251 e. The molecular formula is C17H24ClFN2O. The Labute approximate surface area is 136 Å². The van der Waals surface area contributed by atoms with Crippen LogP contribution in [0.4, 0.5) is 4.39 Å². The molecule has 0 radical (unpaired) electrons. The summed E-state index contributed by atoms with van der Waals surface area (Å²) in [7, 11) is 0. The molecule has 1 aromatic rings. The Morgan fingerprint density at radius 3 is 2.64 bits per heavy atom. The molecule has 1 unspecified atom stereocenters. The van der Waals surface area contributed by atoms with Crippen LogP contribution in [-0.2, 0) is 6.67 Å². The van der Waals surface area contributed by atoms with Gasteiger partial charge in [-0.2, -0.15) is 0 Å². The average molecular weight is 327 g/mol. The van der Waals surface area contributed by atoms with E-state index in [1.807, 2.05) is 0 Å². The van der Waals surface area contributed by atoms with Gasteiger partial charge in [0.25, 0.3) is 5.91 Å². The van der Waals surface area contributed by atoms with Gasteiger partial charge in [-0.1, -0.05) is 31.5 Å². The van der Waals surface area contributed by atoms with Crippen molar-refractivity contribution in [3.05, 3.63) is 34.3 Å². The van der Waals surface area contributed by atoms with Crippen molar-refractivity contribution in [1.82, 2.24) is 10.2 Å². The van der Waals surface area contributed by atoms with Crippen molar-refractivity contribution in [2.75, 3.05) is 19.6 Å². The fourth-order valence-corrected chi connectivity index (χ4v) is 3.04. The molecule has 1 atom stereocenters. The van der Waals surface area contributed by atoms with E-state index in [1.165, 1.54) is 12.8 Å². The van der Waals surface area contributed by atoms with Gasteiger partial charge in [-0.05, 0) is 44.0 Å². The van der Waals surface area contributed by atoms with Gasteiger partial charge in [0.2, 0.25) is 0 Å². The maximum atomic E-state index is 13.2. The van der Waals surface area contributed by atoms with Crippen LogP contribution in [0, 0.1) is 5.92 Å². The summed E-state index contributed by atoms with van der Waals surface area (Å²) in [4.78, 5) is 14.9. The lowest BCUT2D eigenvalue weighted by molar-refractivity contribution is 0.0911. The Morgan fingerprint density at radius 1 is 1.36 bits per heavy atom. The molecule has 5 heteroatoms. The zero-order chi connectivity index (χ0) is 16.1. The fourth-order valence-electron chi connectivity index (χ4n) is 2.82. The highest BCUT2D eigenvalue weighted by Gasteiger charge is 2.23. The number of carbonyl (C=O) groups is 1. The number of nitrogens with one attached hydrogen (secondary N) is 1. The summed E-state index contributed by atoms with van der Waals surface area (Å²) >= 11 is 5.98. The number of amides is 1. The third-order valence-electron chi connectivity index (χ3n) is 4.27. The number of alkyl halides is 1. The van der Waals surface area contributed by atoms with Gasteiger partial charge in [0, 0.05) is 28.7 Å². The van der Waals surface area contributed by atoms with Gasteiger partial charge in [0.05, 0.1) is 0 Å². The van der Waals surface area contributed by atoms with Crippen LogP contribution in [0.5, 0.6) is 0 Å². The van der Waals surface area contributed by atoms with E-state index in [0.717, 1.165) is 19.6 Å². The highest BCUT2D eigenvalue weighted by molar-refractivity contribution is 6.31. The van der Waals surface area contributed by atoms with E-state index in [2.05, 4.69) is 24.1 Å². The van der Waals surface area contributed by atoms with E-state index in [0.29, 0.717) is 16.5 Å². The highest BCUT2D eigenvalue weighted by atomic mass is 35.5. The zero-order valence-electron chi connectivity index (χ0n) is 13.2. The van der Waals surface area contributed by atoms with Crippen molar-refractivity contribution in [3.63, 3.8) is 0 Å². The molecule has 1 amide bonds. The normalized spacial score (nSPS) is 17.0. The topological polar surface area (TPSA) is 32.3 Å². The first-order valence-corrected chi connectivity index (χ1v) is 8.27. The molecular weight excluding hydrogens is 303 g/mol. The van der Waals surface area contributed by atoms with E-state index in [-0.39, 0.29) is 17.5 Å². The molecule has 2 rings (SSSR count). The van der Waals surface area contributed by atoms with Gasteiger partial charge in [-0.3, -0.25) is 4.79 Å². The van der Waals surface area contributed by atoms with Crippen LogP contribution in [0.25, 0.3) is 0 Å². The first-order chi connectivity index (χ1) is 10.5. The van der Waals surface area contributed by atoms with Crippen LogP contribution in [-0.4, -0.2) is 36.5 Å². The fraction of sp³-hybridized carbons (Fsp3) is 0.588. The summed E-state index contributed by atoms with van der Waals surface area (Å²) in [5.74, 6) is 0.0746. The molecule has 1 heterocycles. The van der Waals surface area contributed by atoms with Gasteiger partial charge in [0.1, 0.15) is 6.67 Å². The SMILES string of the molecule is CC(C)C(CN1CCCC1)NC(=O)c1cccc(Cl)c1CF. The lowest BCUT2D eigenvalue weighted by Crippen LogP contribution is -2.46. The van der Waals surface area contributed by atoms with Crippen LogP contribution in [0.15, 0.2) is 18.2 Å². The lowest BCUT2D eigenvalue weighted by atomic mass is 10.0. The summed E-state index contributed by atoms with van der Waals surface area (Å²) in [6.07, 6.45) is 2.44. The maximum Gasteiger partial charge on any atom is 0.251 e. The summed E-state index contributed by atoms with van der Waals surface area (Å²) in [5, 5.41) is 3.36. The number of nitrogens with zero attached hydrogens (tertiary/aromatic N) is 1. The number of rotatable bonds is 6. The van der Waals surface area contributed by atoms with E-state index in [9.17, 15) is 9.18 Å². The number of halogens is 2. The molecule has 0 saturated carbocycles. The molecule has 1 saturated heterocycles. The molecule has 3 nitrogen and oxygen atoms in total. The van der Waals surface area contributed by atoms with Crippen LogP contribution in [0.1, 0.15) is 42.6 Å². The van der Waals surface area contributed by atoms with E-state index < -0.39 is 6.67 Å². The third-order valence-corrected chi connectivity index (χ3v) is 4.63. The second kappa shape index (κ2) is 7.93. The monoisotopic (exact) mass is 326 g/mol. The van der Waals surface area contributed by atoms with Crippen molar-refractivity contribution in [1.29, 1.82) is 0 Å². The van der Waals surface area contributed by atoms with Crippen molar-refractivity contribution in [2.24, 2.45) is 5.92 Å². The van der Waals surface area contributed by atoms with E-state index in [4.69, 9.17) is 11.6 Å². The Hall–Kier alpha value is -1.13. The predicted molar refractivity (Wildman–Crippen MR) is 88.0 cm³/mol. The van der Waals surface area contributed by atoms with Gasteiger partial charge in [-0.15, -0.1) is 0 Å². The van der Waals surface area contributed by atoms with E-state index >= 15 is 0 Å². The molecule has 0 spiro atoms. The van der Waals surface area contributed by atoms with Crippen molar-refractivity contribution >= 4 is 17.5 Å². The molecule has 22 heavy (non-hydrogen) atoms. The van der Waals surface area contributed by atoms with Crippen molar-refractivity contribution < 1.29 is 9.18 Å². The van der Waals surface area contributed by atoms with Gasteiger partial charge in [-0.25, -0.2) is 4.39 Å². The van der Waals surface area contributed by atoms with Crippen LogP contribution in [0.3, 0.4) is 0 Å². The summed E-state index contributed by atoms with van der Waals surface area (Å²) < 4.78 is 13.2. The second-order valence-electron chi connectivity index (χ2n) is 6.23. The molecule has 0 bridgehead atoms. The summed E-state index contributed by atoms with van der Waals surface area (Å²) in [5.41, 5.74) is 0.604.